The second kappa shape index (κ2) is 5.40. The molecule has 6 nitrogen and oxygen atoms in total. The molecule has 1 heterocycles. The summed E-state index contributed by atoms with van der Waals surface area (Å²) < 4.78 is 6.63. The number of hydrogen-bond donors (Lipinski definition) is 1. The lowest BCUT2D eigenvalue weighted by Crippen LogP contribution is -2.15. The molecule has 2 aromatic rings. The van der Waals surface area contributed by atoms with Crippen molar-refractivity contribution in [2.45, 2.75) is 6.92 Å². The molecule has 0 saturated carbocycles. The molecule has 2 N–H and O–H groups in total. The molecule has 0 bridgehead atoms. The van der Waals surface area contributed by atoms with E-state index >= 15 is 0 Å². The van der Waals surface area contributed by atoms with E-state index in [1.54, 1.807) is 4.90 Å². The van der Waals surface area contributed by atoms with E-state index in [2.05, 4.69) is 30.9 Å². The van der Waals surface area contributed by atoms with Crippen LogP contribution >= 0.6 is 15.9 Å². The Morgan fingerprint density at radius 1 is 1.21 bits per heavy atom. The molecule has 0 aliphatic rings. The minimum atomic E-state index is 0.128. The van der Waals surface area contributed by atoms with Gasteiger partial charge < -0.3 is 15.4 Å². The Morgan fingerprint density at radius 3 is 2.58 bits per heavy atom. The fourth-order valence-corrected chi connectivity index (χ4v) is 1.91. The number of halogens is 1. The molecule has 0 atom stereocenters. The molecule has 0 saturated heterocycles. The maximum Gasteiger partial charge on any atom is 0.328 e. The Hall–Kier alpha value is -1.89. The molecular weight excluding hydrogens is 310 g/mol. The maximum absolute atomic E-state index is 5.65. The van der Waals surface area contributed by atoms with Crippen LogP contribution in [-0.4, -0.2) is 29.0 Å². The molecule has 19 heavy (non-hydrogen) atoms. The van der Waals surface area contributed by atoms with E-state index in [1.165, 1.54) is 0 Å². The lowest BCUT2D eigenvalue weighted by atomic mass is 10.2. The summed E-state index contributed by atoms with van der Waals surface area (Å²) in [5.74, 6) is 1.26. The van der Waals surface area contributed by atoms with Gasteiger partial charge in [-0.15, -0.1) is 0 Å². The third-order valence-electron chi connectivity index (χ3n) is 2.36. The first-order valence-corrected chi connectivity index (χ1v) is 6.38. The molecule has 0 fully saturated rings. The van der Waals surface area contributed by atoms with Gasteiger partial charge in [0, 0.05) is 18.6 Å². The Morgan fingerprint density at radius 2 is 1.95 bits per heavy atom. The first-order chi connectivity index (χ1) is 8.95. The van der Waals surface area contributed by atoms with Crippen LogP contribution in [0.1, 0.15) is 5.56 Å². The lowest BCUT2D eigenvalue weighted by Gasteiger charge is -2.12. The number of ether oxygens (including phenoxy) is 1. The lowest BCUT2D eigenvalue weighted by molar-refractivity contribution is 0.437. The van der Waals surface area contributed by atoms with Gasteiger partial charge in [-0.3, -0.25) is 0 Å². The highest BCUT2D eigenvalue weighted by molar-refractivity contribution is 9.10. The van der Waals surface area contributed by atoms with Gasteiger partial charge in [0.05, 0.1) is 0 Å². The predicted molar refractivity (Wildman–Crippen MR) is 77.5 cm³/mol. The van der Waals surface area contributed by atoms with E-state index in [1.807, 2.05) is 39.2 Å². The molecule has 100 valence electrons. The molecular formula is C12H14BrN5O. The number of aromatic nitrogens is 3. The summed E-state index contributed by atoms with van der Waals surface area (Å²) in [7, 11) is 3.65. The van der Waals surface area contributed by atoms with Crippen molar-refractivity contribution >= 4 is 27.8 Å². The third-order valence-corrected chi connectivity index (χ3v) is 2.85. The number of anilines is 2. The first kappa shape index (κ1) is 13.5. The largest absolute Gasteiger partial charge is 0.424 e. The molecule has 2 rings (SSSR count). The van der Waals surface area contributed by atoms with Crippen LogP contribution in [0.2, 0.25) is 0 Å². The van der Waals surface area contributed by atoms with Gasteiger partial charge in [-0.1, -0.05) is 15.9 Å². The monoisotopic (exact) mass is 323 g/mol. The van der Waals surface area contributed by atoms with Crippen LogP contribution in [0.25, 0.3) is 0 Å². The molecule has 0 radical (unpaired) electrons. The zero-order chi connectivity index (χ0) is 14.0. The maximum atomic E-state index is 5.65. The van der Waals surface area contributed by atoms with Crippen LogP contribution in [0, 0.1) is 6.92 Å². The quantitative estimate of drug-likeness (QED) is 0.934. The van der Waals surface area contributed by atoms with Crippen LogP contribution in [0.3, 0.4) is 0 Å². The average Bonchev–Trinajstić information content (AvgIpc) is 2.32. The van der Waals surface area contributed by atoms with Crippen LogP contribution in [0.15, 0.2) is 22.7 Å². The highest BCUT2D eigenvalue weighted by Gasteiger charge is 2.09. The van der Waals surface area contributed by atoms with E-state index in [4.69, 9.17) is 10.5 Å². The highest BCUT2D eigenvalue weighted by atomic mass is 79.9. The minimum absolute atomic E-state index is 0.128. The van der Waals surface area contributed by atoms with Gasteiger partial charge in [0.1, 0.15) is 5.75 Å². The normalized spacial score (nSPS) is 10.3. The van der Waals surface area contributed by atoms with Crippen molar-refractivity contribution in [3.8, 4) is 11.8 Å². The molecule has 1 aromatic carbocycles. The summed E-state index contributed by atoms with van der Waals surface area (Å²) in [6.07, 6.45) is 0. The van der Waals surface area contributed by atoms with Gasteiger partial charge in [-0.05, 0) is 30.7 Å². The van der Waals surface area contributed by atoms with Crippen molar-refractivity contribution in [2.75, 3.05) is 24.7 Å². The summed E-state index contributed by atoms with van der Waals surface area (Å²) in [4.78, 5) is 13.9. The van der Waals surface area contributed by atoms with E-state index < -0.39 is 0 Å². The number of benzene rings is 1. The number of nitrogens with two attached hydrogens (primary N) is 1. The minimum Gasteiger partial charge on any atom is -0.424 e. The van der Waals surface area contributed by atoms with Crippen LogP contribution in [0.5, 0.6) is 11.8 Å². The second-order valence-electron chi connectivity index (χ2n) is 4.18. The van der Waals surface area contributed by atoms with Gasteiger partial charge in [-0.2, -0.15) is 15.0 Å². The molecule has 0 aliphatic heterocycles. The van der Waals surface area contributed by atoms with Crippen LogP contribution in [-0.2, 0) is 0 Å². The highest BCUT2D eigenvalue weighted by Crippen LogP contribution is 2.26. The number of nitrogens with zero attached hydrogens (tertiary/aromatic N) is 4. The van der Waals surface area contributed by atoms with Crippen molar-refractivity contribution in [1.29, 1.82) is 0 Å². The van der Waals surface area contributed by atoms with E-state index in [0.29, 0.717) is 11.7 Å². The Balaban J connectivity index is 2.32. The molecule has 7 heteroatoms. The standard InChI is InChI=1S/C12H14BrN5O/c1-7-6-8(13)4-5-9(7)19-12-16-10(14)15-11(17-12)18(2)3/h4-6H,1-3H3,(H2,14,15,16,17). The fraction of sp³-hybridized carbons (Fsp3) is 0.250. The second-order valence-corrected chi connectivity index (χ2v) is 5.10. The van der Waals surface area contributed by atoms with E-state index in [0.717, 1.165) is 10.0 Å². The Bertz CT molecular complexity index is 603. The van der Waals surface area contributed by atoms with Gasteiger partial charge in [0.2, 0.25) is 11.9 Å². The third kappa shape index (κ3) is 3.31. The van der Waals surface area contributed by atoms with Crippen LogP contribution < -0.4 is 15.4 Å². The molecule has 0 amide bonds. The first-order valence-electron chi connectivity index (χ1n) is 5.58. The van der Waals surface area contributed by atoms with Gasteiger partial charge >= 0.3 is 6.01 Å². The zero-order valence-electron chi connectivity index (χ0n) is 10.9. The van der Waals surface area contributed by atoms with Crippen molar-refractivity contribution < 1.29 is 4.74 Å². The Kier molecular flexibility index (Phi) is 3.84. The summed E-state index contributed by atoms with van der Waals surface area (Å²) in [5, 5.41) is 0. The molecule has 0 spiro atoms. The van der Waals surface area contributed by atoms with E-state index in [-0.39, 0.29) is 12.0 Å². The summed E-state index contributed by atoms with van der Waals surface area (Å²) in [6, 6.07) is 5.86. The zero-order valence-corrected chi connectivity index (χ0v) is 12.5. The van der Waals surface area contributed by atoms with Gasteiger partial charge in [0.25, 0.3) is 0 Å². The number of rotatable bonds is 3. The van der Waals surface area contributed by atoms with E-state index in [9.17, 15) is 0 Å². The fourth-order valence-electron chi connectivity index (χ4n) is 1.43. The SMILES string of the molecule is Cc1cc(Br)ccc1Oc1nc(N)nc(N(C)C)n1. The number of hydrogen-bond acceptors (Lipinski definition) is 6. The summed E-state index contributed by atoms with van der Waals surface area (Å²) in [6.45, 7) is 1.94. The Labute approximate surface area is 119 Å². The van der Waals surface area contributed by atoms with Gasteiger partial charge in [0.15, 0.2) is 0 Å². The van der Waals surface area contributed by atoms with Crippen LogP contribution in [0.4, 0.5) is 11.9 Å². The topological polar surface area (TPSA) is 77.2 Å². The van der Waals surface area contributed by atoms with Gasteiger partial charge in [-0.25, -0.2) is 0 Å². The van der Waals surface area contributed by atoms with Crippen molar-refractivity contribution in [3.63, 3.8) is 0 Å². The number of nitrogen functional groups attached to an aromatic ring is 1. The molecule has 0 unspecified atom stereocenters. The predicted octanol–water partition coefficient (Wildman–Crippen LogP) is 2.38. The smallest absolute Gasteiger partial charge is 0.328 e. The van der Waals surface area contributed by atoms with Crippen molar-refractivity contribution in [2.24, 2.45) is 0 Å². The van der Waals surface area contributed by atoms with Crippen molar-refractivity contribution in [3.05, 3.63) is 28.2 Å². The summed E-state index contributed by atoms with van der Waals surface area (Å²) in [5.41, 5.74) is 6.61. The number of aryl methyl sites for hydroxylation is 1. The molecule has 0 aliphatic carbocycles. The molecule has 1 aromatic heterocycles. The summed E-state index contributed by atoms with van der Waals surface area (Å²) >= 11 is 3.40. The average molecular weight is 324 g/mol. The van der Waals surface area contributed by atoms with Crippen molar-refractivity contribution in [1.82, 2.24) is 15.0 Å².